The first-order chi connectivity index (χ1) is 12.1. The van der Waals surface area contributed by atoms with Crippen LogP contribution in [0.15, 0.2) is 54.6 Å². The van der Waals surface area contributed by atoms with Gasteiger partial charge in [-0.3, -0.25) is 4.79 Å². The molecule has 5 nitrogen and oxygen atoms in total. The molecule has 1 saturated heterocycles. The maximum atomic E-state index is 12.2. The summed E-state index contributed by atoms with van der Waals surface area (Å²) in [6, 6.07) is 16.4. The molecule has 1 aliphatic rings. The number of carbonyl (C=O) groups is 2. The van der Waals surface area contributed by atoms with E-state index in [1.807, 2.05) is 18.2 Å². The summed E-state index contributed by atoms with van der Waals surface area (Å²) in [5.41, 5.74) is 2.16. The lowest BCUT2D eigenvalue weighted by Crippen LogP contribution is -2.31. The molecule has 0 bridgehead atoms. The molecule has 0 unspecified atom stereocenters. The van der Waals surface area contributed by atoms with Crippen molar-refractivity contribution in [2.75, 3.05) is 13.2 Å². The van der Waals surface area contributed by atoms with E-state index >= 15 is 0 Å². The van der Waals surface area contributed by atoms with E-state index in [1.165, 1.54) is 12.1 Å². The van der Waals surface area contributed by atoms with E-state index in [0.29, 0.717) is 13.2 Å². The van der Waals surface area contributed by atoms with Crippen molar-refractivity contribution in [1.82, 2.24) is 5.32 Å². The predicted molar refractivity (Wildman–Crippen MR) is 93.4 cm³/mol. The standard InChI is InChI=1S/C20H21NO4/c22-18(12-14-6-8-16(9-7-14)20(23)24)21-13-17-10-11-25-19(17)15-4-2-1-3-5-15/h1-9,17,19H,10-13H2,(H,21,22)(H,23,24)/t17-,19-/m0/s1. The van der Waals surface area contributed by atoms with Crippen LogP contribution in [0.25, 0.3) is 0 Å². The van der Waals surface area contributed by atoms with Crippen molar-refractivity contribution in [3.63, 3.8) is 0 Å². The SMILES string of the molecule is O=C(Cc1ccc(C(=O)O)cc1)NC[C@@H]1CCO[C@H]1c1ccccc1. The highest BCUT2D eigenvalue weighted by Gasteiger charge is 2.29. The van der Waals surface area contributed by atoms with Gasteiger partial charge in [-0.2, -0.15) is 0 Å². The van der Waals surface area contributed by atoms with Gasteiger partial charge in [-0.1, -0.05) is 42.5 Å². The molecule has 0 saturated carbocycles. The number of hydrogen-bond donors (Lipinski definition) is 2. The van der Waals surface area contributed by atoms with E-state index in [4.69, 9.17) is 9.84 Å². The van der Waals surface area contributed by atoms with Crippen LogP contribution in [0.4, 0.5) is 0 Å². The van der Waals surface area contributed by atoms with E-state index in [0.717, 1.165) is 17.5 Å². The number of carboxylic acid groups (broad SMARTS) is 1. The summed E-state index contributed by atoms with van der Waals surface area (Å²) >= 11 is 0. The van der Waals surface area contributed by atoms with Crippen molar-refractivity contribution in [2.45, 2.75) is 18.9 Å². The van der Waals surface area contributed by atoms with E-state index in [9.17, 15) is 9.59 Å². The molecule has 5 heteroatoms. The van der Waals surface area contributed by atoms with Crippen LogP contribution in [0.2, 0.25) is 0 Å². The van der Waals surface area contributed by atoms with E-state index < -0.39 is 5.97 Å². The molecule has 2 atom stereocenters. The van der Waals surface area contributed by atoms with Crippen LogP contribution >= 0.6 is 0 Å². The number of ether oxygens (including phenoxy) is 1. The molecule has 0 spiro atoms. The zero-order valence-corrected chi connectivity index (χ0v) is 13.9. The summed E-state index contributed by atoms with van der Waals surface area (Å²) < 4.78 is 5.83. The summed E-state index contributed by atoms with van der Waals surface area (Å²) in [5.74, 6) is -0.772. The number of carboxylic acids is 1. The molecule has 2 aromatic rings. The number of nitrogens with one attached hydrogen (secondary N) is 1. The molecule has 1 aliphatic heterocycles. The molecule has 2 aromatic carbocycles. The minimum atomic E-state index is -0.968. The zero-order valence-electron chi connectivity index (χ0n) is 13.9. The summed E-state index contributed by atoms with van der Waals surface area (Å²) in [5, 5.41) is 11.9. The average Bonchev–Trinajstić information content (AvgIpc) is 3.10. The Kier molecular flexibility index (Phi) is 5.46. The Bertz CT molecular complexity index is 727. The predicted octanol–water partition coefficient (Wildman–Crippen LogP) is 2.82. The van der Waals surface area contributed by atoms with Gasteiger partial charge < -0.3 is 15.2 Å². The third-order valence-electron chi connectivity index (χ3n) is 4.47. The first-order valence-electron chi connectivity index (χ1n) is 8.39. The molecular weight excluding hydrogens is 318 g/mol. The summed E-state index contributed by atoms with van der Waals surface area (Å²) in [4.78, 5) is 23.0. The summed E-state index contributed by atoms with van der Waals surface area (Å²) in [7, 11) is 0. The van der Waals surface area contributed by atoms with Crippen molar-refractivity contribution >= 4 is 11.9 Å². The van der Waals surface area contributed by atoms with Gasteiger partial charge in [-0.15, -0.1) is 0 Å². The zero-order chi connectivity index (χ0) is 17.6. The van der Waals surface area contributed by atoms with E-state index in [1.54, 1.807) is 12.1 Å². The van der Waals surface area contributed by atoms with Gasteiger partial charge >= 0.3 is 5.97 Å². The molecule has 1 fully saturated rings. The number of hydrogen-bond acceptors (Lipinski definition) is 3. The van der Waals surface area contributed by atoms with Crippen LogP contribution in [0.5, 0.6) is 0 Å². The lowest BCUT2D eigenvalue weighted by Gasteiger charge is -2.19. The highest BCUT2D eigenvalue weighted by Crippen LogP contribution is 2.33. The fourth-order valence-electron chi connectivity index (χ4n) is 3.11. The maximum Gasteiger partial charge on any atom is 0.335 e. The van der Waals surface area contributed by atoms with Gasteiger partial charge in [0.2, 0.25) is 5.91 Å². The van der Waals surface area contributed by atoms with Crippen LogP contribution in [-0.2, 0) is 16.0 Å². The summed E-state index contributed by atoms with van der Waals surface area (Å²) in [6.07, 6.45) is 1.19. The topological polar surface area (TPSA) is 75.6 Å². The van der Waals surface area contributed by atoms with Crippen LogP contribution in [0, 0.1) is 5.92 Å². The lowest BCUT2D eigenvalue weighted by atomic mass is 9.95. The largest absolute Gasteiger partial charge is 0.478 e. The van der Waals surface area contributed by atoms with Gasteiger partial charge in [0, 0.05) is 19.1 Å². The molecular formula is C20H21NO4. The van der Waals surface area contributed by atoms with Crippen molar-refractivity contribution in [3.05, 3.63) is 71.3 Å². The van der Waals surface area contributed by atoms with Crippen molar-refractivity contribution < 1.29 is 19.4 Å². The Hall–Kier alpha value is -2.66. The third-order valence-corrected chi connectivity index (χ3v) is 4.47. The fourth-order valence-corrected chi connectivity index (χ4v) is 3.11. The van der Waals surface area contributed by atoms with Crippen LogP contribution < -0.4 is 5.32 Å². The smallest absolute Gasteiger partial charge is 0.335 e. The van der Waals surface area contributed by atoms with E-state index in [-0.39, 0.29) is 29.9 Å². The molecule has 0 aliphatic carbocycles. The number of amides is 1. The summed E-state index contributed by atoms with van der Waals surface area (Å²) in [6.45, 7) is 1.28. The van der Waals surface area contributed by atoms with E-state index in [2.05, 4.69) is 17.4 Å². The molecule has 3 rings (SSSR count). The van der Waals surface area contributed by atoms with Gasteiger partial charge in [0.25, 0.3) is 0 Å². The Morgan fingerprint density at radius 2 is 1.80 bits per heavy atom. The molecule has 25 heavy (non-hydrogen) atoms. The average molecular weight is 339 g/mol. The Labute approximate surface area is 146 Å². The molecule has 0 radical (unpaired) electrons. The Morgan fingerprint density at radius 1 is 1.08 bits per heavy atom. The van der Waals surface area contributed by atoms with Crippen LogP contribution in [0.1, 0.15) is 34.0 Å². The normalized spacial score (nSPS) is 19.5. The molecule has 130 valence electrons. The molecule has 1 amide bonds. The quantitative estimate of drug-likeness (QED) is 0.848. The van der Waals surface area contributed by atoms with Gasteiger partial charge in [0.1, 0.15) is 0 Å². The Balaban J connectivity index is 1.52. The van der Waals surface area contributed by atoms with Crippen molar-refractivity contribution in [3.8, 4) is 0 Å². The van der Waals surface area contributed by atoms with Gasteiger partial charge in [0.15, 0.2) is 0 Å². The van der Waals surface area contributed by atoms with Gasteiger partial charge in [-0.05, 0) is 29.7 Å². The minimum Gasteiger partial charge on any atom is -0.478 e. The minimum absolute atomic E-state index is 0.0244. The number of carbonyl (C=O) groups excluding carboxylic acids is 1. The van der Waals surface area contributed by atoms with Gasteiger partial charge in [-0.25, -0.2) is 4.79 Å². The number of rotatable bonds is 6. The van der Waals surface area contributed by atoms with Crippen LogP contribution in [0.3, 0.4) is 0 Å². The Morgan fingerprint density at radius 3 is 2.48 bits per heavy atom. The molecule has 1 heterocycles. The first kappa shape index (κ1) is 17.2. The molecule has 0 aromatic heterocycles. The monoisotopic (exact) mass is 339 g/mol. The lowest BCUT2D eigenvalue weighted by molar-refractivity contribution is -0.120. The second kappa shape index (κ2) is 7.94. The third kappa shape index (κ3) is 4.45. The van der Waals surface area contributed by atoms with Crippen molar-refractivity contribution in [2.24, 2.45) is 5.92 Å². The van der Waals surface area contributed by atoms with Gasteiger partial charge in [0.05, 0.1) is 18.1 Å². The maximum absolute atomic E-state index is 12.2. The number of benzene rings is 2. The second-order valence-corrected chi connectivity index (χ2v) is 6.23. The highest BCUT2D eigenvalue weighted by atomic mass is 16.5. The fraction of sp³-hybridized carbons (Fsp3) is 0.300. The molecule has 2 N–H and O–H groups in total. The highest BCUT2D eigenvalue weighted by molar-refractivity contribution is 5.87. The number of aromatic carboxylic acids is 1. The first-order valence-corrected chi connectivity index (χ1v) is 8.39. The van der Waals surface area contributed by atoms with Crippen LogP contribution in [-0.4, -0.2) is 30.1 Å². The van der Waals surface area contributed by atoms with Crippen molar-refractivity contribution in [1.29, 1.82) is 0 Å². The second-order valence-electron chi connectivity index (χ2n) is 6.23.